The Hall–Kier alpha value is -2.50. The van der Waals surface area contributed by atoms with Crippen molar-refractivity contribution in [2.75, 3.05) is 6.54 Å². The molecule has 1 saturated carbocycles. The van der Waals surface area contributed by atoms with Gasteiger partial charge in [-0.1, -0.05) is 44.5 Å². The minimum atomic E-state index is -0.319. The zero-order chi connectivity index (χ0) is 24.6. The molecule has 1 aliphatic heterocycles. The van der Waals surface area contributed by atoms with Crippen molar-refractivity contribution in [3.8, 4) is 0 Å². The van der Waals surface area contributed by atoms with Gasteiger partial charge in [-0.2, -0.15) is 0 Å². The number of nitrogens with zero attached hydrogens (tertiary/aromatic N) is 4. The zero-order valence-corrected chi connectivity index (χ0v) is 21.7. The van der Waals surface area contributed by atoms with Crippen LogP contribution in [0.1, 0.15) is 100 Å². The van der Waals surface area contributed by atoms with E-state index in [-0.39, 0.29) is 29.1 Å². The van der Waals surface area contributed by atoms with Gasteiger partial charge < -0.3 is 9.47 Å². The molecule has 1 aliphatic carbocycles. The van der Waals surface area contributed by atoms with Crippen LogP contribution in [0.3, 0.4) is 0 Å². The maximum atomic E-state index is 13.6. The van der Waals surface area contributed by atoms with Crippen LogP contribution in [0.25, 0.3) is 0 Å². The molecule has 0 radical (unpaired) electrons. The Morgan fingerprint density at radius 2 is 1.82 bits per heavy atom. The Bertz CT molecular complexity index is 1060. The van der Waals surface area contributed by atoms with Gasteiger partial charge in [0.15, 0.2) is 5.82 Å². The van der Waals surface area contributed by atoms with Gasteiger partial charge in [-0.3, -0.25) is 9.59 Å². The number of aromatic nitrogens is 3. The molecule has 1 aromatic carbocycles. The maximum absolute atomic E-state index is 13.6. The lowest BCUT2D eigenvalue weighted by molar-refractivity contribution is -0.131. The van der Waals surface area contributed by atoms with Gasteiger partial charge in [-0.15, -0.1) is 10.2 Å². The van der Waals surface area contributed by atoms with Crippen LogP contribution in [0.5, 0.6) is 0 Å². The second-order valence-corrected chi connectivity index (χ2v) is 11.6. The summed E-state index contributed by atoms with van der Waals surface area (Å²) in [6, 6.07) is 6.34. The number of hydrogen-bond acceptors (Lipinski definition) is 4. The second-order valence-electron chi connectivity index (χ2n) is 11.6. The lowest BCUT2D eigenvalue weighted by Crippen LogP contribution is -2.34. The molecule has 2 aromatic rings. The molecule has 1 aromatic heterocycles. The van der Waals surface area contributed by atoms with E-state index in [1.807, 2.05) is 4.90 Å². The number of carbonyl (C=O) groups is 2. The van der Waals surface area contributed by atoms with E-state index in [1.54, 1.807) is 6.92 Å². The molecule has 34 heavy (non-hydrogen) atoms. The van der Waals surface area contributed by atoms with E-state index in [9.17, 15) is 9.59 Å². The summed E-state index contributed by atoms with van der Waals surface area (Å²) in [6.07, 6.45) is 6.38. The van der Waals surface area contributed by atoms with Gasteiger partial charge in [0, 0.05) is 38.3 Å². The molecule has 6 nitrogen and oxygen atoms in total. The number of ketones is 1. The molecule has 2 atom stereocenters. The molecule has 6 heteroatoms. The molecule has 2 aliphatic rings. The smallest absolute Gasteiger partial charge is 0.220 e. The lowest BCUT2D eigenvalue weighted by Gasteiger charge is -2.27. The summed E-state index contributed by atoms with van der Waals surface area (Å²) in [7, 11) is 0. The van der Waals surface area contributed by atoms with E-state index in [0.29, 0.717) is 25.4 Å². The zero-order valence-electron chi connectivity index (χ0n) is 21.7. The van der Waals surface area contributed by atoms with Crippen LogP contribution >= 0.6 is 0 Å². The van der Waals surface area contributed by atoms with Crippen LogP contribution in [0.2, 0.25) is 0 Å². The Labute approximate surface area is 204 Å². The molecular formula is C28H40N4O2. The van der Waals surface area contributed by atoms with Crippen LogP contribution in [-0.4, -0.2) is 37.9 Å². The molecule has 1 amide bonds. The van der Waals surface area contributed by atoms with Gasteiger partial charge in [0.05, 0.1) is 0 Å². The molecule has 2 fully saturated rings. The second kappa shape index (κ2) is 9.63. The van der Waals surface area contributed by atoms with Crippen molar-refractivity contribution in [1.82, 2.24) is 19.7 Å². The van der Waals surface area contributed by atoms with Gasteiger partial charge >= 0.3 is 0 Å². The normalized spacial score (nSPS) is 20.7. The Morgan fingerprint density at radius 1 is 1.09 bits per heavy atom. The summed E-state index contributed by atoms with van der Waals surface area (Å²) in [6.45, 7) is 13.1. The third-order valence-electron chi connectivity index (χ3n) is 7.38. The lowest BCUT2D eigenvalue weighted by atomic mass is 9.89. The average Bonchev–Trinajstić information content (AvgIpc) is 3.33. The number of benzene rings is 1. The largest absolute Gasteiger partial charge is 0.332 e. The van der Waals surface area contributed by atoms with E-state index < -0.39 is 0 Å². The quantitative estimate of drug-likeness (QED) is 0.530. The molecular weight excluding hydrogens is 424 g/mol. The first-order chi connectivity index (χ1) is 16.0. The van der Waals surface area contributed by atoms with Crippen LogP contribution in [-0.2, 0) is 22.4 Å². The predicted molar refractivity (Wildman–Crippen MR) is 134 cm³/mol. The number of Topliss-reactive ketones (excluding diaryl/α,β-unsaturated/α-hetero) is 1. The van der Waals surface area contributed by atoms with Gasteiger partial charge in [-0.05, 0) is 62.5 Å². The highest BCUT2D eigenvalue weighted by Gasteiger charge is 2.45. The van der Waals surface area contributed by atoms with Crippen LogP contribution in [0.15, 0.2) is 18.2 Å². The average molecular weight is 465 g/mol. The summed E-state index contributed by atoms with van der Waals surface area (Å²) in [5.41, 5.74) is 3.71. The molecule has 0 spiro atoms. The van der Waals surface area contributed by atoms with Crippen molar-refractivity contribution in [1.29, 1.82) is 0 Å². The van der Waals surface area contributed by atoms with Gasteiger partial charge in [0.2, 0.25) is 5.91 Å². The van der Waals surface area contributed by atoms with E-state index in [2.05, 4.69) is 67.6 Å². The van der Waals surface area contributed by atoms with Gasteiger partial charge in [0.1, 0.15) is 17.6 Å². The summed E-state index contributed by atoms with van der Waals surface area (Å²) in [5, 5.41) is 9.24. The van der Waals surface area contributed by atoms with Crippen molar-refractivity contribution < 1.29 is 9.59 Å². The topological polar surface area (TPSA) is 68.1 Å². The highest BCUT2D eigenvalue weighted by atomic mass is 16.2. The fourth-order valence-corrected chi connectivity index (χ4v) is 5.38. The van der Waals surface area contributed by atoms with Crippen LogP contribution < -0.4 is 0 Å². The van der Waals surface area contributed by atoms with E-state index in [4.69, 9.17) is 0 Å². The van der Waals surface area contributed by atoms with Crippen LogP contribution in [0, 0.1) is 25.2 Å². The first kappa shape index (κ1) is 24.6. The molecule has 0 bridgehead atoms. The fraction of sp³-hybridized carbons (Fsp3) is 0.643. The molecule has 4 rings (SSSR count). The number of carbonyl (C=O) groups excluding carboxylic acids is 2. The number of hydrogen-bond donors (Lipinski definition) is 0. The van der Waals surface area contributed by atoms with E-state index >= 15 is 0 Å². The third kappa shape index (κ3) is 5.42. The van der Waals surface area contributed by atoms with Crippen molar-refractivity contribution in [3.63, 3.8) is 0 Å². The highest BCUT2D eigenvalue weighted by Crippen LogP contribution is 2.43. The number of aryl methyl sites for hydroxylation is 3. The SMILES string of the molecule is CC(=O)N1CC[C@H](C(=O)Cc2ccc(C)cc2C)[C@H]1c1nnc(CCCC(C)(C)C)n1C1CC1. The summed E-state index contributed by atoms with van der Waals surface area (Å²) in [5.74, 6) is 1.79. The first-order valence-electron chi connectivity index (χ1n) is 12.8. The maximum Gasteiger partial charge on any atom is 0.220 e. The van der Waals surface area contributed by atoms with Gasteiger partial charge in [0.25, 0.3) is 0 Å². The van der Waals surface area contributed by atoms with Crippen molar-refractivity contribution in [2.24, 2.45) is 11.3 Å². The summed E-state index contributed by atoms with van der Waals surface area (Å²) in [4.78, 5) is 28.0. The first-order valence-corrected chi connectivity index (χ1v) is 12.8. The fourth-order valence-electron chi connectivity index (χ4n) is 5.38. The molecule has 2 heterocycles. The molecule has 0 unspecified atom stereocenters. The van der Waals surface area contributed by atoms with E-state index in [0.717, 1.165) is 54.9 Å². The van der Waals surface area contributed by atoms with Gasteiger partial charge in [-0.25, -0.2) is 0 Å². The number of amides is 1. The molecule has 0 N–H and O–H groups in total. The third-order valence-corrected chi connectivity index (χ3v) is 7.38. The standard InChI is InChI=1S/C28H40N4O2/c1-18-9-10-21(19(2)16-18)17-24(34)23-13-15-31(20(3)33)26(23)27-30-29-25(32(27)22-11-12-22)8-7-14-28(4,5)6/h9-10,16,22-23,26H,7-8,11-15,17H2,1-6H3/t23-,26+/m1/s1. The van der Waals surface area contributed by atoms with Crippen molar-refractivity contribution in [3.05, 3.63) is 46.5 Å². The molecule has 1 saturated heterocycles. The minimum absolute atomic E-state index is 0.00597. The van der Waals surface area contributed by atoms with Crippen molar-refractivity contribution in [2.45, 2.75) is 98.6 Å². The molecule has 184 valence electrons. The van der Waals surface area contributed by atoms with Crippen LogP contribution in [0.4, 0.5) is 0 Å². The van der Waals surface area contributed by atoms with E-state index in [1.165, 1.54) is 5.56 Å². The Balaban J connectivity index is 1.61. The highest BCUT2D eigenvalue weighted by molar-refractivity contribution is 5.86. The predicted octanol–water partition coefficient (Wildman–Crippen LogP) is 5.32. The number of likely N-dealkylation sites (tertiary alicyclic amines) is 1. The van der Waals surface area contributed by atoms with Crippen molar-refractivity contribution >= 4 is 11.7 Å². The monoisotopic (exact) mass is 464 g/mol. The Kier molecular flexibility index (Phi) is 6.97. The minimum Gasteiger partial charge on any atom is -0.332 e. The Morgan fingerprint density at radius 3 is 2.44 bits per heavy atom. The number of rotatable bonds is 8. The summed E-state index contributed by atoms with van der Waals surface area (Å²) < 4.78 is 2.28. The summed E-state index contributed by atoms with van der Waals surface area (Å²) >= 11 is 0.